The average molecular weight is 242 g/mol. The van der Waals surface area contributed by atoms with Crippen LogP contribution in [0, 0.1) is 0 Å². The van der Waals surface area contributed by atoms with Crippen molar-refractivity contribution in [3.63, 3.8) is 0 Å². The predicted molar refractivity (Wildman–Crippen MR) is 76.1 cm³/mol. The lowest BCUT2D eigenvalue weighted by Crippen LogP contribution is -2.34. The minimum Gasteiger partial charge on any atom is -0.0947 e. The van der Waals surface area contributed by atoms with Crippen LogP contribution in [-0.4, -0.2) is 19.0 Å². The maximum absolute atomic E-state index is 2.33. The number of allylic oxidation sites excluding steroid dienone is 2. The zero-order valence-corrected chi connectivity index (χ0v) is 12.5. The second kappa shape index (κ2) is 6.66. The molecule has 4 radical (unpaired) electrons. The van der Waals surface area contributed by atoms with Crippen LogP contribution in [0.15, 0.2) is 46.8 Å². The van der Waals surface area contributed by atoms with Crippen LogP contribution >= 0.6 is 0 Å². The molecule has 0 saturated heterocycles. The van der Waals surface area contributed by atoms with Gasteiger partial charge in [-0.1, -0.05) is 57.2 Å². The zero-order chi connectivity index (χ0) is 12.0. The molecule has 0 aliphatic heterocycles. The van der Waals surface area contributed by atoms with Crippen LogP contribution in [0.4, 0.5) is 0 Å². The molecule has 0 atom stereocenters. The van der Waals surface area contributed by atoms with Gasteiger partial charge in [-0.3, -0.25) is 0 Å². The number of benzene rings is 1. The van der Waals surface area contributed by atoms with E-state index in [1.165, 1.54) is 21.5 Å². The Kier molecular flexibility index (Phi) is 5.49. The Hall–Kier alpha value is -0.866. The smallest absolute Gasteiger partial charge is 0.0947 e. The Bertz CT molecular complexity index is 356. The molecule has 0 aromatic heterocycles. The molecule has 0 nitrogen and oxygen atoms in total. The Labute approximate surface area is 104 Å². The summed E-state index contributed by atoms with van der Waals surface area (Å²) in [5, 5.41) is 2.97. The van der Waals surface area contributed by atoms with Gasteiger partial charge in [-0.05, 0) is 27.7 Å². The summed E-state index contributed by atoms with van der Waals surface area (Å²) in [4.78, 5) is 0. The molecule has 0 saturated carbocycles. The minimum atomic E-state index is 0.803. The van der Waals surface area contributed by atoms with Gasteiger partial charge in [0.1, 0.15) is 19.0 Å². The Balaban J connectivity index is 2.83. The van der Waals surface area contributed by atoms with Crippen LogP contribution in [0.2, 0.25) is 0 Å². The van der Waals surface area contributed by atoms with Crippen molar-refractivity contribution >= 4 is 29.4 Å². The van der Waals surface area contributed by atoms with Crippen molar-refractivity contribution in [2.45, 2.75) is 27.7 Å². The molecule has 0 aliphatic rings. The van der Waals surface area contributed by atoms with E-state index >= 15 is 0 Å². The lowest BCUT2D eigenvalue weighted by Gasteiger charge is -2.04. The first-order chi connectivity index (χ1) is 7.59. The molecule has 1 aromatic carbocycles. The molecule has 0 fully saturated rings. The summed E-state index contributed by atoms with van der Waals surface area (Å²) >= 11 is 0. The summed E-state index contributed by atoms with van der Waals surface area (Å²) in [6, 6.07) is 8.77. The standard InChI is InChI=1S/C14H18Si2/c1-11(2)9-15-13-7-5-6-8-14(13)16-10-12(3)4/h5-10H,1-4H3. The maximum atomic E-state index is 2.33. The molecule has 82 valence electrons. The first-order valence-corrected chi connectivity index (χ1v) is 7.64. The Morgan fingerprint density at radius 2 is 1.19 bits per heavy atom. The molecule has 0 amide bonds. The molecular formula is C14H18Si2. The summed E-state index contributed by atoms with van der Waals surface area (Å²) in [6.07, 6.45) is 0. The van der Waals surface area contributed by atoms with Gasteiger partial charge in [-0.15, -0.1) is 0 Å². The average Bonchev–Trinajstić information content (AvgIpc) is 2.24. The molecule has 0 heterocycles. The lowest BCUT2D eigenvalue weighted by atomic mass is 10.4. The number of hydrogen-bond acceptors (Lipinski definition) is 0. The largest absolute Gasteiger partial charge is 0.111 e. The van der Waals surface area contributed by atoms with Crippen molar-refractivity contribution in [3.8, 4) is 0 Å². The van der Waals surface area contributed by atoms with Crippen molar-refractivity contribution < 1.29 is 0 Å². The van der Waals surface area contributed by atoms with Crippen molar-refractivity contribution in [3.05, 3.63) is 46.8 Å². The van der Waals surface area contributed by atoms with Crippen molar-refractivity contribution in [2.75, 3.05) is 0 Å². The van der Waals surface area contributed by atoms with E-state index in [2.05, 4.69) is 63.4 Å². The fraction of sp³-hybridized carbons (Fsp3) is 0.286. The van der Waals surface area contributed by atoms with E-state index in [-0.39, 0.29) is 0 Å². The van der Waals surface area contributed by atoms with Gasteiger partial charge in [0.25, 0.3) is 0 Å². The highest BCUT2D eigenvalue weighted by atomic mass is 28.2. The predicted octanol–water partition coefficient (Wildman–Crippen LogP) is 2.19. The molecular weight excluding hydrogens is 224 g/mol. The fourth-order valence-corrected chi connectivity index (χ4v) is 3.36. The first kappa shape index (κ1) is 13.2. The molecule has 0 bridgehead atoms. The second-order valence-electron chi connectivity index (χ2n) is 4.28. The van der Waals surface area contributed by atoms with E-state index in [0.717, 1.165) is 19.0 Å². The van der Waals surface area contributed by atoms with Gasteiger partial charge < -0.3 is 0 Å². The summed E-state index contributed by atoms with van der Waals surface area (Å²) in [5.74, 6) is 0. The van der Waals surface area contributed by atoms with Gasteiger partial charge in [0, 0.05) is 0 Å². The highest BCUT2D eigenvalue weighted by Crippen LogP contribution is 1.89. The minimum absolute atomic E-state index is 0.803. The summed E-state index contributed by atoms with van der Waals surface area (Å²) < 4.78 is 0. The number of hydrogen-bond donors (Lipinski definition) is 0. The van der Waals surface area contributed by atoms with Gasteiger partial charge in [0.15, 0.2) is 0 Å². The van der Waals surface area contributed by atoms with Crippen molar-refractivity contribution in [1.29, 1.82) is 0 Å². The maximum Gasteiger partial charge on any atom is 0.111 e. The molecule has 0 N–H and O–H groups in total. The monoisotopic (exact) mass is 242 g/mol. The van der Waals surface area contributed by atoms with Crippen LogP contribution in [0.25, 0.3) is 0 Å². The van der Waals surface area contributed by atoms with Crippen LogP contribution in [-0.2, 0) is 0 Å². The zero-order valence-electron chi connectivity index (χ0n) is 10.5. The van der Waals surface area contributed by atoms with Crippen LogP contribution < -0.4 is 10.4 Å². The van der Waals surface area contributed by atoms with E-state index in [4.69, 9.17) is 0 Å². The fourth-order valence-electron chi connectivity index (χ4n) is 1.18. The molecule has 1 aromatic rings. The lowest BCUT2D eigenvalue weighted by molar-refractivity contribution is 1.41. The second-order valence-corrected chi connectivity index (χ2v) is 6.51. The highest BCUT2D eigenvalue weighted by molar-refractivity contribution is 6.71. The van der Waals surface area contributed by atoms with E-state index in [1.54, 1.807) is 0 Å². The summed E-state index contributed by atoms with van der Waals surface area (Å²) in [7, 11) is 1.61. The Morgan fingerprint density at radius 1 is 0.812 bits per heavy atom. The van der Waals surface area contributed by atoms with Crippen LogP contribution in [0.5, 0.6) is 0 Å². The first-order valence-electron chi connectivity index (χ1n) is 5.48. The normalized spacial score (nSPS) is 9.75. The van der Waals surface area contributed by atoms with Gasteiger partial charge in [-0.2, -0.15) is 0 Å². The molecule has 0 aliphatic carbocycles. The van der Waals surface area contributed by atoms with Crippen LogP contribution in [0.1, 0.15) is 27.7 Å². The molecule has 0 spiro atoms. The van der Waals surface area contributed by atoms with Crippen LogP contribution in [0.3, 0.4) is 0 Å². The van der Waals surface area contributed by atoms with E-state index < -0.39 is 0 Å². The summed E-state index contributed by atoms with van der Waals surface area (Å²) in [5.41, 5.74) is 7.45. The van der Waals surface area contributed by atoms with E-state index in [9.17, 15) is 0 Å². The van der Waals surface area contributed by atoms with E-state index in [0.29, 0.717) is 0 Å². The van der Waals surface area contributed by atoms with Gasteiger partial charge >= 0.3 is 0 Å². The van der Waals surface area contributed by atoms with Gasteiger partial charge in [-0.25, -0.2) is 0 Å². The van der Waals surface area contributed by atoms with Gasteiger partial charge in [0.2, 0.25) is 0 Å². The number of rotatable bonds is 4. The molecule has 0 unspecified atom stereocenters. The van der Waals surface area contributed by atoms with Crippen molar-refractivity contribution in [1.82, 2.24) is 0 Å². The highest BCUT2D eigenvalue weighted by Gasteiger charge is 2.00. The molecule has 16 heavy (non-hydrogen) atoms. The topological polar surface area (TPSA) is 0 Å². The SMILES string of the molecule is CC(C)=C[Si]c1ccccc1[Si]C=C(C)C. The molecule has 1 rings (SSSR count). The summed E-state index contributed by atoms with van der Waals surface area (Å²) in [6.45, 7) is 8.64. The molecule has 2 heteroatoms. The van der Waals surface area contributed by atoms with E-state index in [1.807, 2.05) is 0 Å². The Morgan fingerprint density at radius 3 is 1.50 bits per heavy atom. The third-order valence-corrected chi connectivity index (χ3v) is 5.15. The van der Waals surface area contributed by atoms with Crippen molar-refractivity contribution in [2.24, 2.45) is 0 Å². The van der Waals surface area contributed by atoms with Gasteiger partial charge in [0.05, 0.1) is 0 Å². The third kappa shape index (κ3) is 4.77. The third-order valence-electron chi connectivity index (χ3n) is 1.96. The quantitative estimate of drug-likeness (QED) is 0.710.